The van der Waals surface area contributed by atoms with Crippen molar-refractivity contribution < 1.29 is 14.3 Å². The predicted octanol–water partition coefficient (Wildman–Crippen LogP) is 2.54. The molecular weight excluding hydrogens is 316 g/mol. The van der Waals surface area contributed by atoms with Gasteiger partial charge in [0.05, 0.1) is 13.0 Å². The molecule has 1 amide bonds. The molecule has 1 aliphatic rings. The summed E-state index contributed by atoms with van der Waals surface area (Å²) in [4.78, 5) is 23.5. The van der Waals surface area contributed by atoms with Gasteiger partial charge in [-0.15, -0.1) is 12.4 Å². The summed E-state index contributed by atoms with van der Waals surface area (Å²) in [5.41, 5.74) is 1.58. The molecule has 1 aliphatic heterocycles. The van der Waals surface area contributed by atoms with Crippen molar-refractivity contribution in [1.82, 2.24) is 5.32 Å². The van der Waals surface area contributed by atoms with E-state index in [2.05, 4.69) is 10.6 Å². The maximum Gasteiger partial charge on any atom is 0.310 e. The third-order valence-electron chi connectivity index (χ3n) is 3.81. The van der Waals surface area contributed by atoms with Crippen molar-refractivity contribution >= 4 is 30.0 Å². The highest BCUT2D eigenvalue weighted by Crippen LogP contribution is 2.16. The summed E-state index contributed by atoms with van der Waals surface area (Å²) in [6.45, 7) is 4.24. The predicted molar refractivity (Wildman–Crippen MR) is 92.9 cm³/mol. The average molecular weight is 341 g/mol. The van der Waals surface area contributed by atoms with Crippen molar-refractivity contribution in [3.05, 3.63) is 29.8 Å². The van der Waals surface area contributed by atoms with Crippen LogP contribution in [0, 0.1) is 5.92 Å². The molecule has 23 heavy (non-hydrogen) atoms. The van der Waals surface area contributed by atoms with Crippen LogP contribution in [0.1, 0.15) is 31.7 Å². The number of nitrogens with one attached hydrogen (secondary N) is 2. The Balaban J connectivity index is 0.00000264. The number of rotatable bonds is 7. The summed E-state index contributed by atoms with van der Waals surface area (Å²) in [5.74, 6) is 0.390. The summed E-state index contributed by atoms with van der Waals surface area (Å²) in [5, 5.41) is 6.21. The monoisotopic (exact) mass is 340 g/mol. The van der Waals surface area contributed by atoms with Gasteiger partial charge in [0.2, 0.25) is 5.91 Å². The average Bonchev–Trinajstić information content (AvgIpc) is 2.99. The molecule has 2 N–H and O–H groups in total. The lowest BCUT2D eigenvalue weighted by atomic mass is 10.0. The van der Waals surface area contributed by atoms with Gasteiger partial charge in [0, 0.05) is 12.1 Å². The van der Waals surface area contributed by atoms with Crippen LogP contribution in [0.5, 0.6) is 0 Å². The minimum absolute atomic E-state index is 0. The topological polar surface area (TPSA) is 67.4 Å². The first-order chi connectivity index (χ1) is 10.7. The number of amides is 1. The minimum Gasteiger partial charge on any atom is -0.466 e. The van der Waals surface area contributed by atoms with Crippen molar-refractivity contribution in [3.8, 4) is 0 Å². The van der Waals surface area contributed by atoms with E-state index in [1.807, 2.05) is 24.3 Å². The molecule has 1 aromatic rings. The molecule has 1 aromatic carbocycles. The summed E-state index contributed by atoms with van der Waals surface area (Å²) >= 11 is 0. The smallest absolute Gasteiger partial charge is 0.310 e. The standard InChI is InChI=1S/C17H24N2O3.ClH/c1-2-22-17(21)11-14-4-3-5-15(10-14)19-16(20)7-6-13-8-9-18-12-13;/h3-5,10,13,18H,2,6-9,11-12H2,1H3,(H,19,20);1H. The van der Waals surface area contributed by atoms with Crippen molar-refractivity contribution in [1.29, 1.82) is 0 Å². The Bertz CT molecular complexity index is 516. The van der Waals surface area contributed by atoms with Gasteiger partial charge < -0.3 is 15.4 Å². The Morgan fingerprint density at radius 2 is 2.22 bits per heavy atom. The van der Waals surface area contributed by atoms with Gasteiger partial charge in [-0.1, -0.05) is 12.1 Å². The van der Waals surface area contributed by atoms with Gasteiger partial charge in [0.1, 0.15) is 0 Å². The maximum absolute atomic E-state index is 12.0. The first-order valence-electron chi connectivity index (χ1n) is 7.92. The van der Waals surface area contributed by atoms with Crippen LogP contribution < -0.4 is 10.6 Å². The zero-order valence-electron chi connectivity index (χ0n) is 13.5. The van der Waals surface area contributed by atoms with E-state index in [4.69, 9.17) is 4.74 Å². The van der Waals surface area contributed by atoms with E-state index in [9.17, 15) is 9.59 Å². The van der Waals surface area contributed by atoms with Crippen molar-refractivity contribution in [2.45, 2.75) is 32.6 Å². The molecule has 0 aliphatic carbocycles. The van der Waals surface area contributed by atoms with Crippen molar-refractivity contribution in [3.63, 3.8) is 0 Å². The van der Waals surface area contributed by atoms with Crippen LogP contribution >= 0.6 is 12.4 Å². The Morgan fingerprint density at radius 3 is 2.91 bits per heavy atom. The second kappa shape index (κ2) is 10.2. The number of carbonyl (C=O) groups is 2. The van der Waals surface area contributed by atoms with Gasteiger partial charge in [-0.2, -0.15) is 0 Å². The summed E-state index contributed by atoms with van der Waals surface area (Å²) in [7, 11) is 0. The number of ether oxygens (including phenoxy) is 1. The van der Waals surface area contributed by atoms with Gasteiger partial charge in [-0.3, -0.25) is 9.59 Å². The van der Waals surface area contributed by atoms with Gasteiger partial charge >= 0.3 is 5.97 Å². The molecule has 1 fully saturated rings. The lowest BCUT2D eigenvalue weighted by molar-refractivity contribution is -0.142. The molecule has 2 rings (SSSR count). The van der Waals surface area contributed by atoms with Crippen LogP contribution in [0.25, 0.3) is 0 Å². The molecule has 5 nitrogen and oxygen atoms in total. The van der Waals surface area contributed by atoms with Crippen molar-refractivity contribution in [2.75, 3.05) is 25.0 Å². The summed E-state index contributed by atoms with van der Waals surface area (Å²) in [6, 6.07) is 7.36. The molecule has 128 valence electrons. The van der Waals surface area contributed by atoms with Crippen LogP contribution in [0.3, 0.4) is 0 Å². The highest BCUT2D eigenvalue weighted by atomic mass is 35.5. The molecule has 0 radical (unpaired) electrons. The number of hydrogen-bond acceptors (Lipinski definition) is 4. The number of carbonyl (C=O) groups excluding carboxylic acids is 2. The fourth-order valence-corrected chi connectivity index (χ4v) is 2.66. The zero-order valence-corrected chi connectivity index (χ0v) is 14.3. The fraction of sp³-hybridized carbons (Fsp3) is 0.529. The normalized spacial score (nSPS) is 16.5. The molecule has 6 heteroatoms. The third kappa shape index (κ3) is 7.01. The molecular formula is C17H25ClN2O3. The molecule has 1 saturated heterocycles. The lowest BCUT2D eigenvalue weighted by Gasteiger charge is -2.10. The number of benzene rings is 1. The van der Waals surface area contributed by atoms with Gasteiger partial charge in [0.25, 0.3) is 0 Å². The highest BCUT2D eigenvalue weighted by Gasteiger charge is 2.15. The Kier molecular flexibility index (Phi) is 8.66. The SMILES string of the molecule is CCOC(=O)Cc1cccc(NC(=O)CCC2CCNC2)c1.Cl. The third-order valence-corrected chi connectivity index (χ3v) is 3.81. The molecule has 0 bridgehead atoms. The second-order valence-electron chi connectivity index (χ2n) is 5.63. The second-order valence-corrected chi connectivity index (χ2v) is 5.63. The van der Waals surface area contributed by atoms with Crippen LogP contribution in [0.2, 0.25) is 0 Å². The molecule has 0 spiro atoms. The molecule has 1 atom stereocenters. The minimum atomic E-state index is -0.250. The first kappa shape index (κ1) is 19.5. The maximum atomic E-state index is 12.0. The molecule has 1 heterocycles. The van der Waals surface area contributed by atoms with Gasteiger partial charge in [0.15, 0.2) is 0 Å². The van der Waals surface area contributed by atoms with E-state index >= 15 is 0 Å². The fourth-order valence-electron chi connectivity index (χ4n) is 2.66. The summed E-state index contributed by atoms with van der Waals surface area (Å²) in [6.07, 6.45) is 2.84. The molecule has 1 unspecified atom stereocenters. The van der Waals surface area contributed by atoms with Crippen LogP contribution in [0.4, 0.5) is 5.69 Å². The van der Waals surface area contributed by atoms with E-state index in [1.165, 1.54) is 0 Å². The highest BCUT2D eigenvalue weighted by molar-refractivity contribution is 5.90. The van der Waals surface area contributed by atoms with Crippen LogP contribution in [0.15, 0.2) is 24.3 Å². The van der Waals surface area contributed by atoms with E-state index in [1.54, 1.807) is 6.92 Å². The Morgan fingerprint density at radius 1 is 1.39 bits per heavy atom. The number of halogens is 1. The molecule has 0 saturated carbocycles. The number of hydrogen-bond donors (Lipinski definition) is 2. The molecule has 0 aromatic heterocycles. The van der Waals surface area contributed by atoms with E-state index in [0.29, 0.717) is 18.9 Å². The lowest BCUT2D eigenvalue weighted by Crippen LogP contribution is -2.15. The largest absolute Gasteiger partial charge is 0.466 e. The number of esters is 1. The van der Waals surface area contributed by atoms with Gasteiger partial charge in [-0.25, -0.2) is 0 Å². The Hall–Kier alpha value is -1.59. The van der Waals surface area contributed by atoms with Crippen LogP contribution in [-0.2, 0) is 20.7 Å². The summed E-state index contributed by atoms with van der Waals surface area (Å²) < 4.78 is 4.93. The van der Waals surface area contributed by atoms with E-state index < -0.39 is 0 Å². The van der Waals surface area contributed by atoms with E-state index in [0.717, 1.165) is 37.2 Å². The number of anilines is 1. The van der Waals surface area contributed by atoms with Gasteiger partial charge in [-0.05, 0) is 56.5 Å². The van der Waals surface area contributed by atoms with Crippen LogP contribution in [-0.4, -0.2) is 31.6 Å². The quantitative estimate of drug-likeness (QED) is 0.748. The zero-order chi connectivity index (χ0) is 15.8. The first-order valence-corrected chi connectivity index (χ1v) is 7.92. The van der Waals surface area contributed by atoms with E-state index in [-0.39, 0.29) is 30.7 Å². The van der Waals surface area contributed by atoms with Crippen molar-refractivity contribution in [2.24, 2.45) is 5.92 Å². The Labute approximate surface area is 143 Å².